The number of hydrogen-bond donors (Lipinski definition) is 1. The number of nitrogens with one attached hydrogen (secondary N) is 1. The standard InChI is InChI=1S/C16H27N3/c1-4-7-14-11-19(16(5-2)10-17-14)12-15-9-6-8-13(3)18-15/h6,8-9,14,16-17H,4-5,7,10-12H2,1-3H3. The van der Waals surface area contributed by atoms with E-state index in [1.807, 2.05) is 0 Å². The van der Waals surface area contributed by atoms with E-state index in [9.17, 15) is 0 Å². The topological polar surface area (TPSA) is 28.2 Å². The molecule has 1 aromatic rings. The highest BCUT2D eigenvalue weighted by atomic mass is 15.2. The highest BCUT2D eigenvalue weighted by Gasteiger charge is 2.26. The van der Waals surface area contributed by atoms with E-state index < -0.39 is 0 Å². The van der Waals surface area contributed by atoms with Gasteiger partial charge in [-0.1, -0.05) is 26.3 Å². The van der Waals surface area contributed by atoms with E-state index in [2.05, 4.69) is 54.2 Å². The second-order valence-electron chi connectivity index (χ2n) is 5.66. The van der Waals surface area contributed by atoms with Gasteiger partial charge in [0.2, 0.25) is 0 Å². The summed E-state index contributed by atoms with van der Waals surface area (Å²) in [5, 5.41) is 3.69. The van der Waals surface area contributed by atoms with Crippen LogP contribution in [-0.4, -0.2) is 35.1 Å². The number of piperazine rings is 1. The van der Waals surface area contributed by atoms with Crippen LogP contribution >= 0.6 is 0 Å². The maximum atomic E-state index is 4.64. The maximum Gasteiger partial charge on any atom is 0.0547 e. The van der Waals surface area contributed by atoms with Crippen LogP contribution in [0.3, 0.4) is 0 Å². The van der Waals surface area contributed by atoms with Crippen molar-refractivity contribution in [1.82, 2.24) is 15.2 Å². The minimum atomic E-state index is 0.649. The van der Waals surface area contributed by atoms with Crippen LogP contribution in [0.1, 0.15) is 44.5 Å². The smallest absolute Gasteiger partial charge is 0.0547 e. The third kappa shape index (κ3) is 4.02. The summed E-state index contributed by atoms with van der Waals surface area (Å²) >= 11 is 0. The number of aromatic nitrogens is 1. The highest BCUT2D eigenvalue weighted by molar-refractivity contribution is 5.10. The molecular formula is C16H27N3. The van der Waals surface area contributed by atoms with E-state index in [1.165, 1.54) is 25.0 Å². The zero-order chi connectivity index (χ0) is 13.7. The highest BCUT2D eigenvalue weighted by Crippen LogP contribution is 2.16. The minimum Gasteiger partial charge on any atom is -0.311 e. The molecule has 1 fully saturated rings. The van der Waals surface area contributed by atoms with Crippen molar-refractivity contribution >= 4 is 0 Å². The number of pyridine rings is 1. The van der Waals surface area contributed by atoms with Crippen LogP contribution in [0, 0.1) is 6.92 Å². The second kappa shape index (κ2) is 7.01. The lowest BCUT2D eigenvalue weighted by Crippen LogP contribution is -2.55. The Hall–Kier alpha value is -0.930. The summed E-state index contributed by atoms with van der Waals surface area (Å²) in [6.45, 7) is 9.87. The van der Waals surface area contributed by atoms with Crippen molar-refractivity contribution in [2.24, 2.45) is 0 Å². The molecule has 1 aliphatic rings. The predicted octanol–water partition coefficient (Wildman–Crippen LogP) is 2.74. The summed E-state index contributed by atoms with van der Waals surface area (Å²) < 4.78 is 0. The molecule has 3 nitrogen and oxygen atoms in total. The molecule has 1 N–H and O–H groups in total. The van der Waals surface area contributed by atoms with Gasteiger partial charge in [-0.2, -0.15) is 0 Å². The average molecular weight is 261 g/mol. The fourth-order valence-electron chi connectivity index (χ4n) is 2.96. The summed E-state index contributed by atoms with van der Waals surface area (Å²) in [5.74, 6) is 0. The van der Waals surface area contributed by atoms with Gasteiger partial charge in [-0.05, 0) is 31.9 Å². The van der Waals surface area contributed by atoms with Crippen LogP contribution in [0.15, 0.2) is 18.2 Å². The monoisotopic (exact) mass is 261 g/mol. The molecule has 3 heteroatoms. The van der Waals surface area contributed by atoms with Crippen molar-refractivity contribution in [1.29, 1.82) is 0 Å². The lowest BCUT2D eigenvalue weighted by Gasteiger charge is -2.40. The van der Waals surface area contributed by atoms with Crippen molar-refractivity contribution in [3.8, 4) is 0 Å². The van der Waals surface area contributed by atoms with Gasteiger partial charge in [0, 0.05) is 37.4 Å². The zero-order valence-electron chi connectivity index (χ0n) is 12.5. The van der Waals surface area contributed by atoms with E-state index in [0.29, 0.717) is 12.1 Å². The van der Waals surface area contributed by atoms with Crippen molar-refractivity contribution in [3.63, 3.8) is 0 Å². The first-order valence-electron chi connectivity index (χ1n) is 7.62. The molecule has 1 aliphatic heterocycles. The van der Waals surface area contributed by atoms with Gasteiger partial charge in [0.1, 0.15) is 0 Å². The van der Waals surface area contributed by atoms with Crippen LogP contribution in [0.25, 0.3) is 0 Å². The Balaban J connectivity index is 2.01. The Morgan fingerprint density at radius 1 is 1.37 bits per heavy atom. The van der Waals surface area contributed by atoms with Crippen molar-refractivity contribution in [2.45, 2.75) is 58.7 Å². The van der Waals surface area contributed by atoms with Gasteiger partial charge >= 0.3 is 0 Å². The summed E-state index contributed by atoms with van der Waals surface area (Å²) in [5.41, 5.74) is 2.32. The van der Waals surface area contributed by atoms with Crippen LogP contribution in [0.4, 0.5) is 0 Å². The Bertz CT molecular complexity index is 391. The van der Waals surface area contributed by atoms with Gasteiger partial charge in [-0.15, -0.1) is 0 Å². The molecule has 0 aromatic carbocycles. The van der Waals surface area contributed by atoms with Crippen molar-refractivity contribution in [2.75, 3.05) is 13.1 Å². The molecule has 0 amide bonds. The SMILES string of the molecule is CCCC1CN(Cc2cccc(C)n2)C(CC)CN1. The fourth-order valence-corrected chi connectivity index (χ4v) is 2.96. The number of aryl methyl sites for hydroxylation is 1. The molecule has 1 aromatic heterocycles. The predicted molar refractivity (Wildman–Crippen MR) is 80.2 cm³/mol. The number of rotatable bonds is 5. The van der Waals surface area contributed by atoms with Crippen molar-refractivity contribution < 1.29 is 0 Å². The molecule has 0 radical (unpaired) electrons. The fraction of sp³-hybridized carbons (Fsp3) is 0.688. The maximum absolute atomic E-state index is 4.64. The van der Waals surface area contributed by atoms with E-state index >= 15 is 0 Å². The summed E-state index contributed by atoms with van der Waals surface area (Å²) in [6.07, 6.45) is 3.73. The second-order valence-corrected chi connectivity index (χ2v) is 5.66. The number of nitrogens with zero attached hydrogens (tertiary/aromatic N) is 2. The Kier molecular flexibility index (Phi) is 5.34. The summed E-state index contributed by atoms with van der Waals surface area (Å²) in [4.78, 5) is 7.25. The molecule has 0 spiro atoms. The molecule has 2 unspecified atom stereocenters. The van der Waals surface area contributed by atoms with E-state index in [1.54, 1.807) is 0 Å². The van der Waals surface area contributed by atoms with E-state index in [4.69, 9.17) is 0 Å². The zero-order valence-corrected chi connectivity index (χ0v) is 12.5. The third-order valence-corrected chi connectivity index (χ3v) is 4.03. The van der Waals surface area contributed by atoms with E-state index in [0.717, 1.165) is 25.3 Å². The molecule has 1 saturated heterocycles. The summed E-state index contributed by atoms with van der Waals surface area (Å²) in [6, 6.07) is 7.63. The molecule has 0 saturated carbocycles. The Morgan fingerprint density at radius 3 is 2.89 bits per heavy atom. The van der Waals surface area contributed by atoms with Gasteiger partial charge in [0.05, 0.1) is 5.69 Å². The molecule has 2 rings (SSSR count). The first-order chi connectivity index (χ1) is 9.22. The molecule has 0 aliphatic carbocycles. The lowest BCUT2D eigenvalue weighted by molar-refractivity contribution is 0.114. The third-order valence-electron chi connectivity index (χ3n) is 4.03. The lowest BCUT2D eigenvalue weighted by atomic mass is 10.0. The van der Waals surface area contributed by atoms with Gasteiger partial charge in [0.15, 0.2) is 0 Å². The summed E-state index contributed by atoms with van der Waals surface area (Å²) in [7, 11) is 0. The normalized spacial score (nSPS) is 24.6. The van der Waals surface area contributed by atoms with Gasteiger partial charge in [-0.25, -0.2) is 0 Å². The minimum absolute atomic E-state index is 0.649. The van der Waals surface area contributed by atoms with Crippen LogP contribution in [0.2, 0.25) is 0 Å². The Labute approximate surface area is 117 Å². The molecule has 0 bridgehead atoms. The van der Waals surface area contributed by atoms with Gasteiger partial charge in [0.25, 0.3) is 0 Å². The van der Waals surface area contributed by atoms with Crippen molar-refractivity contribution in [3.05, 3.63) is 29.6 Å². The van der Waals surface area contributed by atoms with Gasteiger partial charge in [-0.3, -0.25) is 9.88 Å². The van der Waals surface area contributed by atoms with E-state index in [-0.39, 0.29) is 0 Å². The van der Waals surface area contributed by atoms with Crippen LogP contribution < -0.4 is 5.32 Å². The molecule has 19 heavy (non-hydrogen) atoms. The largest absolute Gasteiger partial charge is 0.311 e. The molecule has 2 atom stereocenters. The first-order valence-corrected chi connectivity index (χ1v) is 7.62. The quantitative estimate of drug-likeness (QED) is 0.883. The molecular weight excluding hydrogens is 234 g/mol. The number of hydrogen-bond acceptors (Lipinski definition) is 3. The Morgan fingerprint density at radius 2 is 2.21 bits per heavy atom. The first kappa shape index (κ1) is 14.5. The van der Waals surface area contributed by atoms with Crippen LogP contribution in [0.5, 0.6) is 0 Å². The van der Waals surface area contributed by atoms with Crippen LogP contribution in [-0.2, 0) is 6.54 Å². The molecule has 106 valence electrons. The average Bonchev–Trinajstić information content (AvgIpc) is 2.39. The van der Waals surface area contributed by atoms with Gasteiger partial charge < -0.3 is 5.32 Å². The molecule has 2 heterocycles.